The summed E-state index contributed by atoms with van der Waals surface area (Å²) >= 11 is 3.48. The largest absolute Gasteiger partial charge is 0.433 e. The third-order valence-electron chi connectivity index (χ3n) is 4.28. The first-order valence-corrected chi connectivity index (χ1v) is 11.2. The van der Waals surface area contributed by atoms with Crippen LogP contribution in [0.3, 0.4) is 0 Å². The van der Waals surface area contributed by atoms with E-state index in [1.165, 1.54) is 16.7 Å². The molecule has 0 spiro atoms. The van der Waals surface area contributed by atoms with E-state index in [1.54, 1.807) is 35.1 Å². The Morgan fingerprint density at radius 1 is 1.28 bits per heavy atom. The number of nitrogens with zero attached hydrogens (tertiary/aromatic N) is 3. The van der Waals surface area contributed by atoms with E-state index in [-0.39, 0.29) is 5.52 Å². The normalized spacial score (nSPS) is 16.7. The molecule has 2 aromatic heterocycles. The van der Waals surface area contributed by atoms with Crippen molar-refractivity contribution >= 4 is 40.6 Å². The molecular formula is C21H22F3N3S2. The second kappa shape index (κ2) is 9.26. The van der Waals surface area contributed by atoms with E-state index in [4.69, 9.17) is 0 Å². The predicted octanol–water partition coefficient (Wildman–Crippen LogP) is 6.60. The molecule has 2 heterocycles. The first-order valence-electron chi connectivity index (χ1n) is 9.27. The Balaban J connectivity index is 1.98. The molecule has 0 saturated heterocycles. The van der Waals surface area contributed by atoms with E-state index < -0.39 is 11.9 Å². The highest BCUT2D eigenvalue weighted by molar-refractivity contribution is 8.03. The second-order valence-electron chi connectivity index (χ2n) is 6.37. The molecule has 0 radical (unpaired) electrons. The van der Waals surface area contributed by atoms with Gasteiger partial charge in [0.15, 0.2) is 0 Å². The number of pyridine rings is 1. The lowest BCUT2D eigenvalue weighted by atomic mass is 10.1. The van der Waals surface area contributed by atoms with Gasteiger partial charge in [-0.2, -0.15) is 13.2 Å². The van der Waals surface area contributed by atoms with Crippen LogP contribution in [0.25, 0.3) is 17.1 Å². The standard InChI is InChI=1S/C21H22F3N3S2/c1-4-28-15-8-6-7-14(9-15)10-16(29-5-2)11-20-26-17-12-19(21(22,23)24)25-13-18(17)27(20)3/h6,8-13H,4-5,7H2,1-3H3/b14-10+,16-11-. The van der Waals surface area contributed by atoms with Crippen molar-refractivity contribution in [2.45, 2.75) is 26.4 Å². The molecule has 0 bridgehead atoms. The van der Waals surface area contributed by atoms with Gasteiger partial charge in [-0.1, -0.05) is 26.0 Å². The predicted molar refractivity (Wildman–Crippen MR) is 118 cm³/mol. The van der Waals surface area contributed by atoms with Gasteiger partial charge in [0.2, 0.25) is 0 Å². The lowest BCUT2D eigenvalue weighted by Crippen LogP contribution is -2.07. The van der Waals surface area contributed by atoms with Gasteiger partial charge < -0.3 is 4.57 Å². The van der Waals surface area contributed by atoms with Crippen molar-refractivity contribution in [2.24, 2.45) is 7.05 Å². The van der Waals surface area contributed by atoms with Crippen molar-refractivity contribution in [2.75, 3.05) is 11.5 Å². The van der Waals surface area contributed by atoms with Crippen molar-refractivity contribution in [3.8, 4) is 0 Å². The van der Waals surface area contributed by atoms with Gasteiger partial charge in [-0.05, 0) is 47.8 Å². The van der Waals surface area contributed by atoms with Gasteiger partial charge in [-0.15, -0.1) is 23.5 Å². The molecule has 0 aromatic carbocycles. The molecule has 154 valence electrons. The van der Waals surface area contributed by atoms with Crippen LogP contribution in [0.15, 0.2) is 52.0 Å². The van der Waals surface area contributed by atoms with E-state index in [0.29, 0.717) is 11.3 Å². The van der Waals surface area contributed by atoms with Crippen LogP contribution in [0.1, 0.15) is 31.8 Å². The first kappa shape index (κ1) is 21.8. The Bertz CT molecular complexity index is 1010. The molecule has 2 aromatic rings. The number of imidazole rings is 1. The van der Waals surface area contributed by atoms with Crippen LogP contribution in [0.2, 0.25) is 0 Å². The summed E-state index contributed by atoms with van der Waals surface area (Å²) in [5, 5.41) is 0. The van der Waals surface area contributed by atoms with Gasteiger partial charge in [0.05, 0.1) is 17.2 Å². The van der Waals surface area contributed by atoms with Gasteiger partial charge in [0.1, 0.15) is 11.5 Å². The van der Waals surface area contributed by atoms with Crippen LogP contribution < -0.4 is 0 Å². The lowest BCUT2D eigenvalue weighted by molar-refractivity contribution is -0.141. The van der Waals surface area contributed by atoms with E-state index >= 15 is 0 Å². The molecule has 1 aliphatic carbocycles. The van der Waals surface area contributed by atoms with Crippen molar-refractivity contribution < 1.29 is 13.2 Å². The van der Waals surface area contributed by atoms with Crippen LogP contribution in [0, 0.1) is 0 Å². The number of hydrogen-bond acceptors (Lipinski definition) is 4. The Labute approximate surface area is 176 Å². The molecule has 8 heteroatoms. The molecule has 0 saturated carbocycles. The molecule has 29 heavy (non-hydrogen) atoms. The topological polar surface area (TPSA) is 30.7 Å². The molecular weight excluding hydrogens is 415 g/mol. The van der Waals surface area contributed by atoms with Crippen molar-refractivity contribution in [3.05, 3.63) is 63.5 Å². The zero-order valence-corrected chi connectivity index (χ0v) is 18.1. The Morgan fingerprint density at radius 3 is 2.76 bits per heavy atom. The maximum Gasteiger partial charge on any atom is 0.433 e. The van der Waals surface area contributed by atoms with Crippen LogP contribution in [0.5, 0.6) is 0 Å². The van der Waals surface area contributed by atoms with Crippen molar-refractivity contribution in [1.29, 1.82) is 0 Å². The summed E-state index contributed by atoms with van der Waals surface area (Å²) in [6.07, 6.45) is 8.14. The van der Waals surface area contributed by atoms with Gasteiger partial charge in [0.25, 0.3) is 0 Å². The van der Waals surface area contributed by atoms with E-state index in [9.17, 15) is 13.2 Å². The van der Waals surface area contributed by atoms with Crippen LogP contribution in [-0.4, -0.2) is 26.0 Å². The molecule has 3 rings (SSSR count). The molecule has 0 aliphatic heterocycles. The highest BCUT2D eigenvalue weighted by Gasteiger charge is 2.33. The molecule has 0 atom stereocenters. The van der Waals surface area contributed by atoms with E-state index in [0.717, 1.165) is 28.9 Å². The average Bonchev–Trinajstić information content (AvgIpc) is 2.97. The average molecular weight is 438 g/mol. The van der Waals surface area contributed by atoms with Crippen molar-refractivity contribution in [3.63, 3.8) is 0 Å². The smallest absolute Gasteiger partial charge is 0.326 e. The van der Waals surface area contributed by atoms with E-state index in [1.807, 2.05) is 6.08 Å². The van der Waals surface area contributed by atoms with Gasteiger partial charge >= 0.3 is 6.18 Å². The number of thioether (sulfide) groups is 2. The molecule has 0 fully saturated rings. The Kier molecular flexibility index (Phi) is 6.95. The minimum Gasteiger partial charge on any atom is -0.326 e. The molecule has 0 N–H and O–H groups in total. The summed E-state index contributed by atoms with van der Waals surface area (Å²) in [4.78, 5) is 10.2. The monoisotopic (exact) mass is 437 g/mol. The zero-order valence-electron chi connectivity index (χ0n) is 16.5. The molecule has 0 amide bonds. The SMILES string of the molecule is CCSC1=C/C(=C/C(=C/c2nc3cc(C(F)(F)F)ncc3n2C)SCC)CC=C1. The van der Waals surface area contributed by atoms with Crippen LogP contribution in [0.4, 0.5) is 13.2 Å². The number of alkyl halides is 3. The number of allylic oxidation sites excluding steroid dienone is 5. The summed E-state index contributed by atoms with van der Waals surface area (Å²) < 4.78 is 40.6. The maximum atomic E-state index is 12.9. The summed E-state index contributed by atoms with van der Waals surface area (Å²) in [6, 6.07) is 1.00. The summed E-state index contributed by atoms with van der Waals surface area (Å²) in [6.45, 7) is 4.20. The Hall–Kier alpha value is -1.93. The van der Waals surface area contributed by atoms with Gasteiger partial charge in [-0.3, -0.25) is 0 Å². The highest BCUT2D eigenvalue weighted by atomic mass is 32.2. The molecule has 3 nitrogen and oxygen atoms in total. The number of fused-ring (bicyclic) bond motifs is 1. The first-order chi connectivity index (χ1) is 13.8. The quantitative estimate of drug-likeness (QED) is 0.509. The second-order valence-corrected chi connectivity index (χ2v) is 9.05. The number of halogens is 3. The zero-order chi connectivity index (χ0) is 21.0. The molecule has 0 unspecified atom stereocenters. The highest BCUT2D eigenvalue weighted by Crippen LogP contribution is 2.31. The minimum absolute atomic E-state index is 0.289. The number of aromatic nitrogens is 3. The van der Waals surface area contributed by atoms with Crippen LogP contribution >= 0.6 is 23.5 Å². The fourth-order valence-electron chi connectivity index (χ4n) is 2.95. The fraction of sp³-hybridized carbons (Fsp3) is 0.333. The summed E-state index contributed by atoms with van der Waals surface area (Å²) in [5.74, 6) is 2.51. The Morgan fingerprint density at radius 2 is 2.07 bits per heavy atom. The third kappa shape index (κ3) is 5.36. The summed E-state index contributed by atoms with van der Waals surface area (Å²) in [7, 11) is 1.79. The number of rotatable bonds is 6. The molecule has 1 aliphatic rings. The minimum atomic E-state index is -4.48. The van der Waals surface area contributed by atoms with Gasteiger partial charge in [0, 0.05) is 16.9 Å². The van der Waals surface area contributed by atoms with Crippen molar-refractivity contribution in [1.82, 2.24) is 14.5 Å². The van der Waals surface area contributed by atoms with Gasteiger partial charge in [-0.25, -0.2) is 9.97 Å². The maximum absolute atomic E-state index is 12.9. The number of aryl methyl sites for hydroxylation is 1. The third-order valence-corrected chi connectivity index (χ3v) is 6.01. The lowest BCUT2D eigenvalue weighted by Gasteiger charge is -2.10. The summed E-state index contributed by atoms with van der Waals surface area (Å²) in [5.41, 5.74) is 1.14. The van der Waals surface area contributed by atoms with Crippen LogP contribution in [-0.2, 0) is 13.2 Å². The van der Waals surface area contributed by atoms with E-state index in [2.05, 4.69) is 48.1 Å². The fourth-order valence-corrected chi connectivity index (χ4v) is 4.47. The number of hydrogen-bond donors (Lipinski definition) is 0.